The highest BCUT2D eigenvalue weighted by Gasteiger charge is 2.41. The van der Waals surface area contributed by atoms with Gasteiger partial charge in [0.05, 0.1) is 17.8 Å². The summed E-state index contributed by atoms with van der Waals surface area (Å²) in [5.74, 6) is -0.0255. The van der Waals surface area contributed by atoms with Gasteiger partial charge in [-0.1, -0.05) is 18.2 Å². The Morgan fingerprint density at radius 2 is 1.97 bits per heavy atom. The van der Waals surface area contributed by atoms with Gasteiger partial charge in [-0.15, -0.1) is 0 Å². The van der Waals surface area contributed by atoms with E-state index in [2.05, 4.69) is 51.9 Å². The van der Waals surface area contributed by atoms with E-state index in [4.69, 9.17) is 12.2 Å². The second kappa shape index (κ2) is 9.75. The highest BCUT2D eigenvalue weighted by molar-refractivity contribution is 7.80. The molecule has 1 aromatic carbocycles. The molecule has 1 fully saturated rings. The molecule has 1 amide bonds. The van der Waals surface area contributed by atoms with E-state index in [1.807, 2.05) is 55.6 Å². The minimum absolute atomic E-state index is 0.0255. The molecular weight excluding hydrogens is 430 g/mol. The van der Waals surface area contributed by atoms with E-state index in [0.29, 0.717) is 18.1 Å². The van der Waals surface area contributed by atoms with Gasteiger partial charge in [0, 0.05) is 42.8 Å². The lowest BCUT2D eigenvalue weighted by molar-refractivity contribution is -0.116. The molecule has 1 aliphatic heterocycles. The Bertz CT molecular complexity index is 1160. The Labute approximate surface area is 201 Å². The van der Waals surface area contributed by atoms with Crippen LogP contribution in [0.2, 0.25) is 0 Å². The maximum absolute atomic E-state index is 12.7. The summed E-state index contributed by atoms with van der Waals surface area (Å²) in [5.41, 5.74) is 6.54. The molecule has 3 aromatic rings. The average molecular weight is 462 g/mol. The van der Waals surface area contributed by atoms with Gasteiger partial charge in [-0.05, 0) is 81.4 Å². The van der Waals surface area contributed by atoms with Crippen LogP contribution in [0, 0.1) is 20.8 Å². The minimum Gasteiger partial charge on any atom is -0.352 e. The average Bonchev–Trinajstić information content (AvgIpc) is 3.27. The molecule has 2 aromatic heterocycles. The number of carbonyl (C=O) groups is 1. The van der Waals surface area contributed by atoms with E-state index in [0.717, 1.165) is 23.5 Å². The van der Waals surface area contributed by atoms with Gasteiger partial charge in [0.1, 0.15) is 0 Å². The van der Waals surface area contributed by atoms with Gasteiger partial charge in [-0.3, -0.25) is 9.78 Å². The first-order valence-electron chi connectivity index (χ1n) is 11.4. The van der Waals surface area contributed by atoms with Crippen LogP contribution in [0.3, 0.4) is 0 Å². The fraction of sp³-hybridized carbons (Fsp3) is 0.346. The van der Waals surface area contributed by atoms with E-state index in [-0.39, 0.29) is 18.0 Å². The number of carbonyl (C=O) groups excluding carboxylic acids is 1. The maximum atomic E-state index is 12.7. The molecule has 0 saturated carbocycles. The Morgan fingerprint density at radius 1 is 1.15 bits per heavy atom. The Kier molecular flexibility index (Phi) is 6.79. The van der Waals surface area contributed by atoms with Gasteiger partial charge in [0.15, 0.2) is 5.11 Å². The zero-order chi connectivity index (χ0) is 23.5. The Morgan fingerprint density at radius 3 is 2.64 bits per heavy atom. The molecule has 7 heteroatoms. The van der Waals surface area contributed by atoms with Crippen molar-refractivity contribution in [2.75, 3.05) is 11.9 Å². The largest absolute Gasteiger partial charge is 0.352 e. The van der Waals surface area contributed by atoms with E-state index in [1.54, 1.807) is 0 Å². The number of aromatic nitrogens is 2. The molecule has 0 radical (unpaired) electrons. The van der Waals surface area contributed by atoms with Crippen LogP contribution in [0.15, 0.2) is 54.7 Å². The summed E-state index contributed by atoms with van der Waals surface area (Å²) in [6, 6.07) is 15.9. The molecule has 172 valence electrons. The van der Waals surface area contributed by atoms with Crippen LogP contribution in [-0.2, 0) is 11.3 Å². The number of nitrogens with one attached hydrogen (secondary N) is 2. The van der Waals surface area contributed by atoms with Crippen molar-refractivity contribution in [2.24, 2.45) is 0 Å². The fourth-order valence-electron chi connectivity index (χ4n) is 4.77. The maximum Gasteiger partial charge on any atom is 0.226 e. The van der Waals surface area contributed by atoms with Gasteiger partial charge in [-0.2, -0.15) is 0 Å². The molecule has 33 heavy (non-hydrogen) atoms. The first-order valence-corrected chi connectivity index (χ1v) is 11.8. The summed E-state index contributed by atoms with van der Waals surface area (Å²) in [6.07, 6.45) is 2.15. The predicted octanol–water partition coefficient (Wildman–Crippen LogP) is 4.83. The Hall–Kier alpha value is -3.19. The third-order valence-corrected chi connectivity index (χ3v) is 6.68. The van der Waals surface area contributed by atoms with Crippen LogP contribution in [0.1, 0.15) is 53.6 Å². The standard InChI is InChI=1S/C26H31N5OS/c1-5-30-18(3)16-21(19(30)4)25-24(22-11-6-7-13-27-22)29-26(33)31(25)14-12-23(32)28-20-10-8-9-17(2)15-20/h6-11,13,15-16,24-25H,5,12,14H2,1-4H3,(H,28,32)(H,29,33)/t24-,25-/m0/s1. The second-order valence-electron chi connectivity index (χ2n) is 8.56. The van der Waals surface area contributed by atoms with Crippen LogP contribution in [0.25, 0.3) is 0 Å². The molecule has 6 nitrogen and oxygen atoms in total. The predicted molar refractivity (Wildman–Crippen MR) is 136 cm³/mol. The van der Waals surface area contributed by atoms with Crippen LogP contribution in [-0.4, -0.2) is 32.0 Å². The molecule has 4 rings (SSSR count). The molecule has 0 bridgehead atoms. The lowest BCUT2D eigenvalue weighted by Gasteiger charge is -2.28. The summed E-state index contributed by atoms with van der Waals surface area (Å²) in [7, 11) is 0. The van der Waals surface area contributed by atoms with Crippen LogP contribution in [0.4, 0.5) is 5.69 Å². The van der Waals surface area contributed by atoms with Gasteiger partial charge in [0.25, 0.3) is 0 Å². The van der Waals surface area contributed by atoms with E-state index >= 15 is 0 Å². The van der Waals surface area contributed by atoms with Crippen LogP contribution in [0.5, 0.6) is 0 Å². The number of amides is 1. The number of anilines is 1. The topological polar surface area (TPSA) is 62.2 Å². The number of aryl methyl sites for hydroxylation is 2. The minimum atomic E-state index is -0.0793. The first kappa shape index (κ1) is 23.0. The number of nitrogens with zero attached hydrogens (tertiary/aromatic N) is 3. The van der Waals surface area contributed by atoms with Crippen molar-refractivity contribution < 1.29 is 4.79 Å². The molecule has 1 aliphatic rings. The highest BCUT2D eigenvalue weighted by Crippen LogP contribution is 2.40. The summed E-state index contributed by atoms with van der Waals surface area (Å²) in [6.45, 7) is 9.90. The second-order valence-corrected chi connectivity index (χ2v) is 8.95. The zero-order valence-corrected chi connectivity index (χ0v) is 20.4. The smallest absolute Gasteiger partial charge is 0.226 e. The quantitative estimate of drug-likeness (QED) is 0.494. The number of benzene rings is 1. The molecule has 1 saturated heterocycles. The Balaban J connectivity index is 1.60. The molecule has 2 atom stereocenters. The van der Waals surface area contributed by atoms with Gasteiger partial charge < -0.3 is 20.1 Å². The van der Waals surface area contributed by atoms with Gasteiger partial charge >= 0.3 is 0 Å². The summed E-state index contributed by atoms with van der Waals surface area (Å²) in [5, 5.41) is 7.14. The SMILES string of the molecule is CCn1c(C)cc([C@H]2[C@H](c3ccccn3)NC(=S)N2CCC(=O)Nc2cccc(C)c2)c1C. The fourth-order valence-corrected chi connectivity index (χ4v) is 5.10. The molecule has 0 spiro atoms. The zero-order valence-electron chi connectivity index (χ0n) is 19.6. The first-order chi connectivity index (χ1) is 15.9. The van der Waals surface area contributed by atoms with E-state index in [9.17, 15) is 4.79 Å². The summed E-state index contributed by atoms with van der Waals surface area (Å²) in [4.78, 5) is 19.5. The highest BCUT2D eigenvalue weighted by atomic mass is 32.1. The van der Waals surface area contributed by atoms with Crippen molar-refractivity contribution in [1.82, 2.24) is 19.8 Å². The van der Waals surface area contributed by atoms with Crippen molar-refractivity contribution >= 4 is 28.9 Å². The molecule has 0 aliphatic carbocycles. The van der Waals surface area contributed by atoms with Crippen molar-refractivity contribution in [2.45, 2.75) is 52.7 Å². The molecule has 3 heterocycles. The molecule has 2 N–H and O–H groups in total. The van der Waals surface area contributed by atoms with Crippen LogP contribution >= 0.6 is 12.2 Å². The van der Waals surface area contributed by atoms with Gasteiger partial charge in [0.2, 0.25) is 5.91 Å². The molecule has 0 unspecified atom stereocenters. The van der Waals surface area contributed by atoms with E-state index in [1.165, 1.54) is 17.0 Å². The number of hydrogen-bond donors (Lipinski definition) is 2. The van der Waals surface area contributed by atoms with Gasteiger partial charge in [-0.25, -0.2) is 0 Å². The van der Waals surface area contributed by atoms with Crippen molar-refractivity contribution in [3.05, 3.63) is 82.9 Å². The number of pyridine rings is 1. The van der Waals surface area contributed by atoms with Crippen LogP contribution < -0.4 is 10.6 Å². The van der Waals surface area contributed by atoms with Crippen molar-refractivity contribution in [1.29, 1.82) is 0 Å². The third kappa shape index (κ3) is 4.78. The lowest BCUT2D eigenvalue weighted by atomic mass is 9.96. The number of thiocarbonyl (C=S) groups is 1. The molecular formula is C26H31N5OS. The monoisotopic (exact) mass is 461 g/mol. The normalized spacial score (nSPS) is 17.8. The lowest BCUT2D eigenvalue weighted by Crippen LogP contribution is -2.32. The third-order valence-electron chi connectivity index (χ3n) is 6.33. The van der Waals surface area contributed by atoms with Crippen molar-refractivity contribution in [3.63, 3.8) is 0 Å². The van der Waals surface area contributed by atoms with Crippen molar-refractivity contribution in [3.8, 4) is 0 Å². The van der Waals surface area contributed by atoms with E-state index < -0.39 is 0 Å². The summed E-state index contributed by atoms with van der Waals surface area (Å²) >= 11 is 5.75. The number of hydrogen-bond acceptors (Lipinski definition) is 3. The number of rotatable bonds is 7. The summed E-state index contributed by atoms with van der Waals surface area (Å²) < 4.78 is 2.31.